The zero-order valence-corrected chi connectivity index (χ0v) is 11.8. The van der Waals surface area contributed by atoms with Gasteiger partial charge in [-0.3, -0.25) is 4.79 Å². The smallest absolute Gasteiger partial charge is 0.282 e. The summed E-state index contributed by atoms with van der Waals surface area (Å²) in [5, 5.41) is 6.90. The van der Waals surface area contributed by atoms with Gasteiger partial charge < -0.3 is 0 Å². The Bertz CT molecular complexity index is 666. The van der Waals surface area contributed by atoms with Crippen LogP contribution in [0.2, 0.25) is 0 Å². The number of nitrogens with zero attached hydrogens (tertiary/aromatic N) is 3. The lowest BCUT2D eigenvalue weighted by Crippen LogP contribution is -2.23. The lowest BCUT2D eigenvalue weighted by Gasteiger charge is -2.10. The molecule has 0 saturated heterocycles. The van der Waals surface area contributed by atoms with Crippen molar-refractivity contribution in [2.75, 3.05) is 0 Å². The van der Waals surface area contributed by atoms with E-state index in [4.69, 9.17) is 0 Å². The summed E-state index contributed by atoms with van der Waals surface area (Å²) in [4.78, 5) is 11.1. The largest absolute Gasteiger partial charge is 0.456 e. The van der Waals surface area contributed by atoms with Gasteiger partial charge in [-0.05, 0) is 37.5 Å². The van der Waals surface area contributed by atoms with Crippen molar-refractivity contribution in [3.05, 3.63) is 46.3 Å². The lowest BCUT2D eigenvalue weighted by molar-refractivity contribution is -0.0888. The molecule has 0 N–H and O–H groups in total. The molecule has 0 bridgehead atoms. The van der Waals surface area contributed by atoms with E-state index < -0.39 is 17.7 Å². The summed E-state index contributed by atoms with van der Waals surface area (Å²) in [6.07, 6.45) is -3.91. The molecule has 1 aromatic carbocycles. The topological polar surface area (TPSA) is 47.8 Å². The van der Waals surface area contributed by atoms with Crippen molar-refractivity contribution >= 4 is 5.78 Å². The second-order valence-corrected chi connectivity index (χ2v) is 5.01. The molecule has 0 saturated carbocycles. The van der Waals surface area contributed by atoms with Gasteiger partial charge in [-0.15, -0.1) is 5.10 Å². The molecule has 4 nitrogen and oxygen atoms in total. The highest BCUT2D eigenvalue weighted by molar-refractivity contribution is 5.98. The third-order valence-electron chi connectivity index (χ3n) is 3.19. The number of halogens is 3. The molecule has 0 aliphatic rings. The fourth-order valence-corrected chi connectivity index (χ4v) is 2.25. The highest BCUT2D eigenvalue weighted by Gasteiger charge is 2.41. The van der Waals surface area contributed by atoms with Crippen LogP contribution in [0.1, 0.15) is 32.7 Å². The van der Waals surface area contributed by atoms with Gasteiger partial charge >= 0.3 is 6.18 Å². The maximum atomic E-state index is 12.3. The van der Waals surface area contributed by atoms with Crippen LogP contribution in [0.3, 0.4) is 0 Å². The van der Waals surface area contributed by atoms with Crippen LogP contribution in [0.15, 0.2) is 18.3 Å². The number of rotatable bonds is 3. The van der Waals surface area contributed by atoms with E-state index in [1.165, 1.54) is 4.68 Å². The van der Waals surface area contributed by atoms with Crippen LogP contribution >= 0.6 is 0 Å². The number of hydrogen-bond donors (Lipinski definition) is 0. The fraction of sp³-hybridized carbons (Fsp3) is 0.357. The van der Waals surface area contributed by atoms with Crippen LogP contribution in [-0.4, -0.2) is 27.0 Å². The average molecular weight is 297 g/mol. The molecule has 1 heterocycles. The first kappa shape index (κ1) is 15.2. The Morgan fingerprint density at radius 1 is 1.19 bits per heavy atom. The number of carbonyl (C=O) groups is 1. The molecular formula is C14H14F3N3O. The van der Waals surface area contributed by atoms with Crippen molar-refractivity contribution < 1.29 is 18.0 Å². The summed E-state index contributed by atoms with van der Waals surface area (Å²) in [6, 6.07) is 3.97. The number of ketones is 1. The molecule has 0 fully saturated rings. The van der Waals surface area contributed by atoms with Gasteiger partial charge in [0.15, 0.2) is 5.69 Å². The number of benzene rings is 1. The van der Waals surface area contributed by atoms with Crippen LogP contribution in [0.4, 0.5) is 13.2 Å². The van der Waals surface area contributed by atoms with Crippen LogP contribution < -0.4 is 0 Å². The van der Waals surface area contributed by atoms with Crippen LogP contribution in [-0.2, 0) is 6.54 Å². The van der Waals surface area contributed by atoms with Crippen molar-refractivity contribution in [3.63, 3.8) is 0 Å². The zero-order chi connectivity index (χ0) is 15.8. The summed E-state index contributed by atoms with van der Waals surface area (Å²) >= 11 is 0. The third-order valence-corrected chi connectivity index (χ3v) is 3.19. The second-order valence-electron chi connectivity index (χ2n) is 5.01. The zero-order valence-electron chi connectivity index (χ0n) is 11.8. The molecule has 112 valence electrons. The Kier molecular flexibility index (Phi) is 3.85. The number of alkyl halides is 3. The van der Waals surface area contributed by atoms with Crippen molar-refractivity contribution in [2.24, 2.45) is 0 Å². The van der Waals surface area contributed by atoms with E-state index in [1.807, 2.05) is 32.9 Å². The molecule has 0 aliphatic carbocycles. The summed E-state index contributed by atoms with van der Waals surface area (Å²) in [7, 11) is 0. The van der Waals surface area contributed by atoms with E-state index in [0.29, 0.717) is 0 Å². The Hall–Kier alpha value is -2.18. The van der Waals surface area contributed by atoms with Gasteiger partial charge in [0.25, 0.3) is 5.78 Å². The van der Waals surface area contributed by atoms with Gasteiger partial charge in [-0.2, -0.15) is 13.2 Å². The standard InChI is InChI=1S/C14H14F3N3O/c1-8-4-9(2)11(10(3)5-8)6-20-7-12(18-19-20)13(21)14(15,16)17/h4-5,7H,6H2,1-3H3. The molecule has 0 atom stereocenters. The monoisotopic (exact) mass is 297 g/mol. The highest BCUT2D eigenvalue weighted by Crippen LogP contribution is 2.21. The number of aromatic nitrogens is 3. The molecule has 2 aromatic rings. The van der Waals surface area contributed by atoms with E-state index in [9.17, 15) is 18.0 Å². The van der Waals surface area contributed by atoms with Gasteiger partial charge in [-0.1, -0.05) is 22.9 Å². The predicted molar refractivity (Wildman–Crippen MR) is 70.2 cm³/mol. The molecule has 1 aromatic heterocycles. The quantitative estimate of drug-likeness (QED) is 0.818. The Morgan fingerprint density at radius 3 is 2.29 bits per heavy atom. The molecule has 21 heavy (non-hydrogen) atoms. The minimum Gasteiger partial charge on any atom is -0.282 e. The van der Waals surface area contributed by atoms with E-state index in [-0.39, 0.29) is 6.54 Å². The Labute approximate surface area is 119 Å². The second kappa shape index (κ2) is 5.31. The van der Waals surface area contributed by atoms with Crippen molar-refractivity contribution in [1.29, 1.82) is 0 Å². The molecule has 0 amide bonds. The molecule has 0 spiro atoms. The average Bonchev–Trinajstić information content (AvgIpc) is 2.80. The maximum absolute atomic E-state index is 12.3. The molecule has 0 radical (unpaired) electrons. The van der Waals surface area contributed by atoms with Crippen molar-refractivity contribution in [2.45, 2.75) is 33.5 Å². The molecule has 2 rings (SSSR count). The third kappa shape index (κ3) is 3.29. The van der Waals surface area contributed by atoms with Crippen LogP contribution in [0, 0.1) is 20.8 Å². The Morgan fingerprint density at radius 2 is 1.76 bits per heavy atom. The van der Waals surface area contributed by atoms with E-state index in [2.05, 4.69) is 10.3 Å². The van der Waals surface area contributed by atoms with Crippen molar-refractivity contribution in [1.82, 2.24) is 15.0 Å². The van der Waals surface area contributed by atoms with Crippen LogP contribution in [0.5, 0.6) is 0 Å². The summed E-state index contributed by atoms with van der Waals surface area (Å²) < 4.78 is 38.2. The number of hydrogen-bond acceptors (Lipinski definition) is 3. The summed E-state index contributed by atoms with van der Waals surface area (Å²) in [5.41, 5.74) is 3.42. The van der Waals surface area contributed by atoms with Gasteiger partial charge in [0.05, 0.1) is 12.7 Å². The van der Waals surface area contributed by atoms with E-state index >= 15 is 0 Å². The van der Waals surface area contributed by atoms with E-state index in [0.717, 1.165) is 28.5 Å². The van der Waals surface area contributed by atoms with Gasteiger partial charge in [0, 0.05) is 0 Å². The highest BCUT2D eigenvalue weighted by atomic mass is 19.4. The normalized spacial score (nSPS) is 11.7. The van der Waals surface area contributed by atoms with Gasteiger partial charge in [0.1, 0.15) is 0 Å². The first-order chi connectivity index (χ1) is 9.68. The molecule has 0 aliphatic heterocycles. The SMILES string of the molecule is Cc1cc(C)c(Cn2cc(C(=O)C(F)(F)F)nn2)c(C)c1. The minimum atomic E-state index is -4.93. The Balaban J connectivity index is 2.27. The number of aryl methyl sites for hydroxylation is 3. The van der Waals surface area contributed by atoms with Crippen LogP contribution in [0.25, 0.3) is 0 Å². The van der Waals surface area contributed by atoms with Gasteiger partial charge in [0.2, 0.25) is 0 Å². The predicted octanol–water partition coefficient (Wildman–Crippen LogP) is 3.00. The number of Topliss-reactive ketones (excluding diaryl/α,β-unsaturated/α-hetero) is 1. The fourth-order valence-electron chi connectivity index (χ4n) is 2.25. The first-order valence-corrected chi connectivity index (χ1v) is 6.27. The molecule has 7 heteroatoms. The van der Waals surface area contributed by atoms with E-state index in [1.54, 1.807) is 0 Å². The van der Waals surface area contributed by atoms with Crippen molar-refractivity contribution in [3.8, 4) is 0 Å². The summed E-state index contributed by atoms with van der Waals surface area (Å²) in [5.74, 6) is -1.98. The summed E-state index contributed by atoms with van der Waals surface area (Å²) in [6.45, 7) is 6.09. The molecular weight excluding hydrogens is 283 g/mol. The lowest BCUT2D eigenvalue weighted by atomic mass is 10.00. The molecule has 0 unspecified atom stereocenters. The number of carbonyl (C=O) groups excluding carboxylic acids is 1. The van der Waals surface area contributed by atoms with Gasteiger partial charge in [-0.25, -0.2) is 4.68 Å². The first-order valence-electron chi connectivity index (χ1n) is 6.27. The minimum absolute atomic E-state index is 0.274. The maximum Gasteiger partial charge on any atom is 0.456 e.